The van der Waals surface area contributed by atoms with Gasteiger partial charge in [0.15, 0.2) is 0 Å². The molecule has 0 radical (unpaired) electrons. The summed E-state index contributed by atoms with van der Waals surface area (Å²) in [5.74, 6) is -4.36. The lowest BCUT2D eigenvalue weighted by Crippen LogP contribution is -3.00. The number of imidazole rings is 6. The van der Waals surface area contributed by atoms with Crippen LogP contribution in [0.4, 0.5) is 4.79 Å². The number of aliphatic carboxylic acids is 6. The van der Waals surface area contributed by atoms with Gasteiger partial charge in [-0.2, -0.15) is 34.0 Å². The second kappa shape index (κ2) is 101. The van der Waals surface area contributed by atoms with E-state index in [1.807, 2.05) is 42.3 Å². The number of unbranched alkanes of at least 4 members (excludes halogenated alkanes) is 6. The SMILES string of the molecule is C=CC(=O)O.C=CC(=O)O.C=CC(=O)[O-].C=CC(=O)[O-].C=CC(=O)[O-].CCCCn1cc[n+](C)c1.CCCCn1cc[n+](C)c1.CCCCn1cc[n+](C)c1.CCCCn1cc[n+](C)c1.CCCCn1cc[n+](C)c1.CCCCn1cc[n+](C)c1.CO[Si](CCCS)(OC)OC.CO[Si](CCCSCCC(=O)[O-])(OC)OC.Cl.O.O=C(O)O.O=C=O.[Cl-]. The number of aryl methyl sites for hydroxylation is 12. The largest absolute Gasteiger partial charge is 1.00 e. The molecule has 0 unspecified atom stereocenters. The number of thiol groups is 1. The lowest BCUT2D eigenvalue weighted by Gasteiger charge is -2.24. The Bertz CT molecular complexity index is 3040. The van der Waals surface area contributed by atoms with Crippen molar-refractivity contribution < 1.29 is 156 Å². The van der Waals surface area contributed by atoms with Crippen molar-refractivity contribution in [1.29, 1.82) is 0 Å². The van der Waals surface area contributed by atoms with Crippen LogP contribution in [0.5, 0.6) is 0 Å². The first kappa shape index (κ1) is 139. The normalized spacial score (nSPS) is 9.20. The lowest BCUT2D eigenvalue weighted by molar-refractivity contribution is -0.671. The molecule has 42 heteroatoms. The van der Waals surface area contributed by atoms with E-state index in [-0.39, 0.29) is 42.9 Å². The van der Waals surface area contributed by atoms with Gasteiger partial charge in [-0.1, -0.05) is 113 Å². The topological polar surface area (TPSA) is 467 Å². The highest BCUT2D eigenvalue weighted by Gasteiger charge is 2.37. The highest BCUT2D eigenvalue weighted by molar-refractivity contribution is 7.99. The van der Waals surface area contributed by atoms with Crippen LogP contribution in [-0.4, -0.2) is 179 Å². The summed E-state index contributed by atoms with van der Waals surface area (Å²) >= 11 is 5.69. The number of aromatic nitrogens is 12. The van der Waals surface area contributed by atoms with Crippen LogP contribution >= 0.6 is 36.8 Å². The van der Waals surface area contributed by atoms with E-state index in [4.69, 9.17) is 91.1 Å². The van der Waals surface area contributed by atoms with Gasteiger partial charge in [-0.25, -0.2) is 69.2 Å². The van der Waals surface area contributed by atoms with Gasteiger partial charge >= 0.3 is 41.9 Å². The number of thioether (sulfide) groups is 1. The lowest BCUT2D eigenvalue weighted by atomic mass is 10.3. The third kappa shape index (κ3) is 107. The fourth-order valence-corrected chi connectivity index (χ4v) is 12.9. The van der Waals surface area contributed by atoms with Gasteiger partial charge in [-0.05, 0) is 93.3 Å². The van der Waals surface area contributed by atoms with Gasteiger partial charge in [0.2, 0.25) is 38.0 Å². The van der Waals surface area contributed by atoms with E-state index < -0.39 is 59.6 Å². The van der Waals surface area contributed by atoms with Gasteiger partial charge in [-0.3, -0.25) is 0 Å². The van der Waals surface area contributed by atoms with E-state index in [9.17, 15) is 19.5 Å². The van der Waals surface area contributed by atoms with E-state index in [1.165, 1.54) is 77.0 Å². The van der Waals surface area contributed by atoms with Crippen molar-refractivity contribution in [3.63, 3.8) is 0 Å². The predicted octanol–water partition coefficient (Wildman–Crippen LogP) is 1.51. The molecule has 0 saturated heterocycles. The van der Waals surface area contributed by atoms with Crippen molar-refractivity contribution in [1.82, 2.24) is 27.4 Å². The third-order valence-corrected chi connectivity index (χ3v) is 21.2. The van der Waals surface area contributed by atoms with Crippen LogP contribution in [0.2, 0.25) is 12.1 Å². The minimum Gasteiger partial charge on any atom is -1.00 e. The van der Waals surface area contributed by atoms with Crippen molar-refractivity contribution in [3.8, 4) is 0 Å². The molecule has 0 aliphatic carbocycles. The summed E-state index contributed by atoms with van der Waals surface area (Å²) in [4.78, 5) is 80.9. The van der Waals surface area contributed by atoms with Crippen LogP contribution in [-0.2, 0) is 146 Å². The number of rotatable bonds is 39. The molecule has 6 aromatic heterocycles. The Morgan fingerprint density at radius 1 is 0.402 bits per heavy atom. The summed E-state index contributed by atoms with van der Waals surface area (Å²) in [7, 11) is 17.2. The average Bonchev–Trinajstić information content (AvgIpc) is 1.70. The number of hydrogen-bond donors (Lipinski definition) is 5. The molecule has 6 aromatic rings. The molecular weight excluding hydrogens is 1700 g/mol. The van der Waals surface area contributed by atoms with Gasteiger partial charge in [0.1, 0.15) is 74.4 Å². The second-order valence-electron chi connectivity index (χ2n) is 24.3. The van der Waals surface area contributed by atoms with E-state index >= 15 is 0 Å². The highest BCUT2D eigenvalue weighted by atomic mass is 35.5. The summed E-state index contributed by atoms with van der Waals surface area (Å²) < 4.78 is 57.0. The first-order valence-electron chi connectivity index (χ1n) is 38.2. The molecule has 0 spiro atoms. The van der Waals surface area contributed by atoms with Crippen LogP contribution in [0.3, 0.4) is 0 Å². The molecule has 6 rings (SSSR count). The first-order valence-corrected chi connectivity index (χ1v) is 43.8. The molecule has 0 aliphatic rings. The number of hydrogen-bond acceptors (Lipinski definition) is 21. The molecule has 0 atom stereocenters. The molecule has 0 amide bonds. The molecule has 0 fully saturated rings. The monoisotopic (exact) mass is 1850 g/mol. The zero-order valence-electron chi connectivity index (χ0n) is 75.3. The Morgan fingerprint density at radius 3 is 0.689 bits per heavy atom. The Labute approximate surface area is 748 Å². The summed E-state index contributed by atoms with van der Waals surface area (Å²) in [6.45, 7) is 34.8. The predicted molar refractivity (Wildman–Crippen MR) is 464 cm³/mol. The van der Waals surface area contributed by atoms with Crippen LogP contribution in [0.1, 0.15) is 138 Å². The standard InChI is InChI=1S/C9H20O5SSi.6C8H15N2.C6H16O3SSi.5C3H4O2.CH2O3.CO2.2ClH.H2O/c1-12-16(13-2,14-3)8-4-6-15-7-5-9(10)11;6*1-3-4-5-10-7-6-9(2)8-10;1-7-11(8-2,9-3)6-4-5-10;5*1-2-3(4)5;2-1(3)4;2-1-3;;;/h4-8H2,1-3H3,(H,10,11);6*6-8H,3-5H2,1-2H3;10H,4-6H2,1-3H3;5*2H,1H2,(H,4,5);(H2,2,3,4);;2*1H;1H2/q;6*+1;;;;;;;;;;;/p-5. The van der Waals surface area contributed by atoms with Crippen molar-refractivity contribution in [2.45, 2.75) is 189 Å². The molecule has 36 nitrogen and oxygen atoms in total. The van der Waals surface area contributed by atoms with Crippen molar-refractivity contribution in [3.05, 3.63) is 176 Å². The molecule has 0 bridgehead atoms. The maximum absolute atomic E-state index is 10.2. The van der Waals surface area contributed by atoms with Crippen LogP contribution in [0.15, 0.2) is 176 Å². The molecule has 0 saturated carbocycles. The zero-order valence-corrected chi connectivity index (χ0v) is 80.5. The zero-order chi connectivity index (χ0) is 93.3. The molecule has 6 heterocycles. The number of carboxylic acids is 6. The molecule has 0 aliphatic heterocycles. The Hall–Kier alpha value is -9.14. The van der Waals surface area contributed by atoms with Crippen molar-refractivity contribution >= 4 is 103 Å². The van der Waals surface area contributed by atoms with Gasteiger partial charge < -0.3 is 104 Å². The first-order chi connectivity index (χ1) is 56.3. The Kier molecular flexibility index (Phi) is 115. The fourth-order valence-electron chi connectivity index (χ4n) is 7.90. The quantitative estimate of drug-likeness (QED) is 0.0120. The highest BCUT2D eigenvalue weighted by Crippen LogP contribution is 2.18. The number of nitrogens with zero attached hydrogens (tertiary/aromatic N) is 12. The second-order valence-corrected chi connectivity index (χ2v) is 32.2. The molecule has 704 valence electrons. The van der Waals surface area contributed by atoms with Gasteiger partial charge in [0, 0.05) is 72.9 Å². The smallest absolute Gasteiger partial charge is 0.503 e. The Morgan fingerprint density at radius 2 is 0.574 bits per heavy atom. The summed E-state index contributed by atoms with van der Waals surface area (Å²) in [6, 6.07) is 1.58. The van der Waals surface area contributed by atoms with Crippen molar-refractivity contribution in [2.75, 3.05) is 59.9 Å². The van der Waals surface area contributed by atoms with E-state index in [2.05, 4.69) is 254 Å². The van der Waals surface area contributed by atoms with Crippen molar-refractivity contribution in [2.24, 2.45) is 42.3 Å². The van der Waals surface area contributed by atoms with Gasteiger partial charge in [0.25, 0.3) is 0 Å². The minimum atomic E-state index is -2.44. The van der Waals surface area contributed by atoms with E-state index in [1.54, 1.807) is 54.4 Å². The van der Waals surface area contributed by atoms with E-state index in [0.717, 1.165) is 106 Å². The number of carbonyl (C=O) groups is 7. The summed E-state index contributed by atoms with van der Waals surface area (Å²) in [6.07, 6.45) is 57.1. The third-order valence-electron chi connectivity index (χ3n) is 14.1. The average molecular weight is 1850 g/mol. The maximum atomic E-state index is 10.2. The minimum absolute atomic E-state index is 0. The van der Waals surface area contributed by atoms with Gasteiger partial charge in [-0.15, -0.1) is 12.4 Å². The number of carboxylic acid groups (broad SMARTS) is 8. The summed E-state index contributed by atoms with van der Waals surface area (Å²) in [5.41, 5.74) is 0. The van der Waals surface area contributed by atoms with Crippen LogP contribution < -0.4 is 60.2 Å². The van der Waals surface area contributed by atoms with Crippen LogP contribution in [0.25, 0.3) is 0 Å². The van der Waals surface area contributed by atoms with E-state index in [0.29, 0.717) is 5.75 Å². The molecule has 122 heavy (non-hydrogen) atoms. The molecule has 6 N–H and O–H groups in total. The molecule has 0 aromatic carbocycles. The molecular formula is C80H147Cl2N12O24S2Si2+. The number of carbonyl (C=O) groups excluding carboxylic acids is 6. The fraction of sp³-hybridized carbons (Fsp3) is 0.550. The maximum Gasteiger partial charge on any atom is 0.503 e. The van der Waals surface area contributed by atoms with Gasteiger partial charge in [0.05, 0.1) is 99.5 Å². The number of halogens is 2. The summed E-state index contributed by atoms with van der Waals surface area (Å²) in [5, 5.41) is 66.7. The van der Waals surface area contributed by atoms with Crippen LogP contribution in [0, 0.1) is 0 Å². The Balaban J connectivity index is -0.000000108.